The van der Waals surface area contributed by atoms with Crippen molar-refractivity contribution in [2.45, 2.75) is 4.90 Å². The van der Waals surface area contributed by atoms with Gasteiger partial charge in [-0.15, -0.1) is 11.8 Å². The Kier molecular flexibility index (Phi) is 2.75. The SMILES string of the molecule is CSc1ccc(-c2cn3c(n2)sc2cnccc23)cc1. The Balaban J connectivity index is 1.87. The number of benzene rings is 1. The van der Waals surface area contributed by atoms with E-state index in [1.54, 1.807) is 23.1 Å². The Morgan fingerprint density at radius 1 is 1.15 bits per heavy atom. The van der Waals surface area contributed by atoms with E-state index in [0.29, 0.717) is 0 Å². The van der Waals surface area contributed by atoms with Crippen molar-refractivity contribution in [3.05, 3.63) is 48.9 Å². The fraction of sp³-hybridized carbons (Fsp3) is 0.0667. The molecule has 3 nitrogen and oxygen atoms in total. The van der Waals surface area contributed by atoms with Crippen LogP contribution in [0.15, 0.2) is 53.8 Å². The number of thiazole rings is 1. The lowest BCUT2D eigenvalue weighted by atomic mass is 10.2. The summed E-state index contributed by atoms with van der Waals surface area (Å²) in [4.78, 5) is 11.2. The molecular weight excluding hydrogens is 286 g/mol. The van der Waals surface area contributed by atoms with Crippen molar-refractivity contribution in [3.8, 4) is 11.3 Å². The summed E-state index contributed by atoms with van der Waals surface area (Å²) in [7, 11) is 0. The third kappa shape index (κ3) is 1.82. The van der Waals surface area contributed by atoms with Crippen molar-refractivity contribution in [1.29, 1.82) is 0 Å². The molecule has 0 aliphatic carbocycles. The van der Waals surface area contributed by atoms with Gasteiger partial charge in [0.1, 0.15) is 0 Å². The maximum atomic E-state index is 4.72. The van der Waals surface area contributed by atoms with Gasteiger partial charge in [-0.3, -0.25) is 9.38 Å². The third-order valence-corrected chi connectivity index (χ3v) is 5.03. The van der Waals surface area contributed by atoms with Gasteiger partial charge in [-0.05, 0) is 24.5 Å². The van der Waals surface area contributed by atoms with Crippen molar-refractivity contribution in [3.63, 3.8) is 0 Å². The van der Waals surface area contributed by atoms with E-state index >= 15 is 0 Å². The molecule has 20 heavy (non-hydrogen) atoms. The summed E-state index contributed by atoms with van der Waals surface area (Å²) in [6.07, 6.45) is 7.90. The molecule has 0 saturated carbocycles. The third-order valence-electron chi connectivity index (χ3n) is 3.28. The van der Waals surface area contributed by atoms with Gasteiger partial charge in [-0.1, -0.05) is 23.5 Å². The number of thioether (sulfide) groups is 1. The summed E-state index contributed by atoms with van der Waals surface area (Å²) in [6, 6.07) is 10.6. The average Bonchev–Trinajstić information content (AvgIpc) is 3.05. The van der Waals surface area contributed by atoms with Gasteiger partial charge in [-0.25, -0.2) is 4.98 Å². The minimum absolute atomic E-state index is 1.01. The number of aromatic nitrogens is 3. The summed E-state index contributed by atoms with van der Waals surface area (Å²) in [6.45, 7) is 0. The molecule has 0 unspecified atom stereocenters. The van der Waals surface area contributed by atoms with Crippen LogP contribution in [-0.2, 0) is 0 Å². The van der Waals surface area contributed by atoms with Crippen LogP contribution >= 0.6 is 23.1 Å². The van der Waals surface area contributed by atoms with E-state index in [-0.39, 0.29) is 0 Å². The fourth-order valence-corrected chi connectivity index (χ4v) is 3.64. The Morgan fingerprint density at radius 2 is 2.00 bits per heavy atom. The van der Waals surface area contributed by atoms with Crippen LogP contribution in [0.5, 0.6) is 0 Å². The van der Waals surface area contributed by atoms with Crippen LogP contribution < -0.4 is 0 Å². The molecule has 4 aromatic rings. The van der Waals surface area contributed by atoms with Gasteiger partial charge in [0.25, 0.3) is 0 Å². The summed E-state index contributed by atoms with van der Waals surface area (Å²) in [5.74, 6) is 0. The van der Waals surface area contributed by atoms with Gasteiger partial charge >= 0.3 is 0 Å². The number of hydrogen-bond donors (Lipinski definition) is 0. The van der Waals surface area contributed by atoms with E-state index in [0.717, 1.165) is 16.2 Å². The Hall–Kier alpha value is -1.85. The lowest BCUT2D eigenvalue weighted by molar-refractivity contribution is 1.28. The molecule has 5 heteroatoms. The van der Waals surface area contributed by atoms with Gasteiger partial charge < -0.3 is 0 Å². The van der Waals surface area contributed by atoms with Crippen molar-refractivity contribution in [1.82, 2.24) is 14.4 Å². The highest BCUT2D eigenvalue weighted by Gasteiger charge is 2.09. The molecule has 0 saturated heterocycles. The first-order chi connectivity index (χ1) is 9.85. The molecule has 3 heterocycles. The minimum Gasteiger partial charge on any atom is -0.290 e. The van der Waals surface area contributed by atoms with Crippen molar-refractivity contribution in [2.75, 3.05) is 6.26 Å². The quantitative estimate of drug-likeness (QED) is 0.516. The molecule has 98 valence electrons. The van der Waals surface area contributed by atoms with Crippen molar-refractivity contribution < 1.29 is 0 Å². The summed E-state index contributed by atoms with van der Waals surface area (Å²) in [5.41, 5.74) is 3.34. The number of imidazole rings is 1. The van der Waals surface area contributed by atoms with E-state index < -0.39 is 0 Å². The van der Waals surface area contributed by atoms with E-state index in [1.165, 1.54) is 15.1 Å². The predicted octanol–water partition coefficient (Wildman–Crippen LogP) is 4.33. The number of nitrogens with zero attached hydrogens (tertiary/aromatic N) is 3. The molecule has 4 rings (SSSR count). The normalized spacial score (nSPS) is 11.4. The van der Waals surface area contributed by atoms with Crippen molar-refractivity contribution >= 4 is 38.3 Å². The van der Waals surface area contributed by atoms with E-state index in [9.17, 15) is 0 Å². The zero-order valence-corrected chi connectivity index (χ0v) is 12.4. The molecule has 0 bridgehead atoms. The molecule has 3 aromatic heterocycles. The molecule has 0 atom stereocenters. The smallest absolute Gasteiger partial charge is 0.195 e. The largest absolute Gasteiger partial charge is 0.290 e. The maximum Gasteiger partial charge on any atom is 0.195 e. The van der Waals surface area contributed by atoms with E-state index in [1.807, 2.05) is 18.5 Å². The summed E-state index contributed by atoms with van der Waals surface area (Å²) < 4.78 is 3.30. The van der Waals surface area contributed by atoms with Crippen LogP contribution in [0.25, 0.3) is 26.4 Å². The van der Waals surface area contributed by atoms with Crippen LogP contribution in [0.4, 0.5) is 0 Å². The Morgan fingerprint density at radius 3 is 2.80 bits per heavy atom. The number of rotatable bonds is 2. The standard InChI is InChI=1S/C15H11N3S2/c1-19-11-4-2-10(3-5-11)12-9-18-13-6-7-16-8-14(13)20-15(18)17-12/h2-9H,1H3. The van der Waals surface area contributed by atoms with Crippen LogP contribution in [0.1, 0.15) is 0 Å². The maximum absolute atomic E-state index is 4.72. The first-order valence-corrected chi connectivity index (χ1v) is 8.25. The van der Waals surface area contributed by atoms with E-state index in [4.69, 9.17) is 4.98 Å². The monoisotopic (exact) mass is 297 g/mol. The number of fused-ring (bicyclic) bond motifs is 3. The minimum atomic E-state index is 1.01. The van der Waals surface area contributed by atoms with Gasteiger partial charge in [0.05, 0.1) is 15.9 Å². The topological polar surface area (TPSA) is 30.2 Å². The molecule has 1 aromatic carbocycles. The van der Waals surface area contributed by atoms with Crippen LogP contribution in [0, 0.1) is 0 Å². The molecule has 0 radical (unpaired) electrons. The van der Waals surface area contributed by atoms with Crippen LogP contribution in [-0.4, -0.2) is 20.6 Å². The van der Waals surface area contributed by atoms with Gasteiger partial charge in [0, 0.05) is 29.0 Å². The highest BCUT2D eigenvalue weighted by Crippen LogP contribution is 2.29. The number of pyridine rings is 1. The van der Waals surface area contributed by atoms with Gasteiger partial charge in [0.2, 0.25) is 0 Å². The van der Waals surface area contributed by atoms with Gasteiger partial charge in [0.15, 0.2) is 4.96 Å². The zero-order chi connectivity index (χ0) is 13.5. The Labute approximate surface area is 124 Å². The predicted molar refractivity (Wildman–Crippen MR) is 85.6 cm³/mol. The highest BCUT2D eigenvalue weighted by molar-refractivity contribution is 7.98. The summed E-state index contributed by atoms with van der Waals surface area (Å²) >= 11 is 3.42. The second-order valence-corrected chi connectivity index (χ2v) is 6.34. The molecule has 0 fully saturated rings. The molecule has 0 aliphatic rings. The van der Waals surface area contributed by atoms with E-state index in [2.05, 4.69) is 46.1 Å². The van der Waals surface area contributed by atoms with Crippen LogP contribution in [0.3, 0.4) is 0 Å². The lowest BCUT2D eigenvalue weighted by Gasteiger charge is -1.98. The highest BCUT2D eigenvalue weighted by atomic mass is 32.2. The lowest BCUT2D eigenvalue weighted by Crippen LogP contribution is -1.78. The summed E-state index contributed by atoms with van der Waals surface area (Å²) in [5, 5.41) is 0. The van der Waals surface area contributed by atoms with Crippen molar-refractivity contribution in [2.24, 2.45) is 0 Å². The molecular formula is C15H11N3S2. The molecule has 0 amide bonds. The van der Waals surface area contributed by atoms with Crippen LogP contribution in [0.2, 0.25) is 0 Å². The zero-order valence-electron chi connectivity index (χ0n) is 10.8. The first kappa shape index (κ1) is 11.9. The molecule has 0 N–H and O–H groups in total. The second kappa shape index (κ2) is 4.61. The first-order valence-electron chi connectivity index (χ1n) is 6.21. The molecule has 0 spiro atoms. The van der Waals surface area contributed by atoms with Gasteiger partial charge in [-0.2, -0.15) is 0 Å². The Bertz CT molecular complexity index is 890. The fourth-order valence-electron chi connectivity index (χ4n) is 2.26. The number of hydrogen-bond acceptors (Lipinski definition) is 4. The average molecular weight is 297 g/mol. The second-order valence-electron chi connectivity index (χ2n) is 4.45. The molecule has 0 aliphatic heterocycles.